The van der Waals surface area contributed by atoms with Gasteiger partial charge in [0.05, 0.1) is 6.54 Å². The molecule has 0 aromatic rings. The smallest absolute Gasteiger partial charge is 0.321 e. The number of nitrogens with two attached hydrogens (primary N) is 1. The first-order valence-electron chi connectivity index (χ1n) is 5.55. The van der Waals surface area contributed by atoms with Crippen LogP contribution in [0, 0.1) is 0 Å². The molecule has 1 saturated heterocycles. The van der Waals surface area contributed by atoms with E-state index < -0.39 is 6.03 Å². The van der Waals surface area contributed by atoms with E-state index in [0.29, 0.717) is 0 Å². The second kappa shape index (κ2) is 5.81. The first-order valence-corrected chi connectivity index (χ1v) is 5.55. The molecule has 0 spiro atoms. The molecule has 3 amide bonds. The van der Waals surface area contributed by atoms with E-state index in [1.807, 2.05) is 18.7 Å². The minimum absolute atomic E-state index is 0.0213. The predicted molar refractivity (Wildman–Crippen MR) is 60.8 cm³/mol. The third-order valence-electron chi connectivity index (χ3n) is 2.35. The molecular weight excluding hydrogens is 208 g/mol. The van der Waals surface area contributed by atoms with Gasteiger partial charge in [0.1, 0.15) is 0 Å². The monoisotopic (exact) mass is 228 g/mol. The highest BCUT2D eigenvalue weighted by Crippen LogP contribution is 2.05. The fourth-order valence-corrected chi connectivity index (χ4v) is 1.67. The zero-order chi connectivity index (χ0) is 12.1. The molecule has 1 atom stereocenters. The molecule has 1 aliphatic heterocycles. The lowest BCUT2D eigenvalue weighted by Gasteiger charge is -2.15. The Morgan fingerprint density at radius 2 is 2.19 bits per heavy atom. The van der Waals surface area contributed by atoms with Gasteiger partial charge in [0.25, 0.3) is 0 Å². The summed E-state index contributed by atoms with van der Waals surface area (Å²) < 4.78 is 0. The first kappa shape index (κ1) is 12.9. The molecular formula is C10H20N4O2. The number of urea groups is 1. The molecule has 0 unspecified atom stereocenters. The van der Waals surface area contributed by atoms with Crippen molar-refractivity contribution in [2.75, 3.05) is 19.6 Å². The highest BCUT2D eigenvalue weighted by Gasteiger charge is 2.21. The van der Waals surface area contributed by atoms with Gasteiger partial charge in [-0.05, 0) is 20.3 Å². The van der Waals surface area contributed by atoms with E-state index in [4.69, 9.17) is 5.73 Å². The van der Waals surface area contributed by atoms with E-state index in [2.05, 4.69) is 10.6 Å². The zero-order valence-electron chi connectivity index (χ0n) is 9.82. The van der Waals surface area contributed by atoms with E-state index in [-0.39, 0.29) is 24.5 Å². The van der Waals surface area contributed by atoms with Gasteiger partial charge in [-0.2, -0.15) is 0 Å². The standard InChI is InChI=1S/C10H20N4O2/c1-7(2)12-10(16)13-9(15)6-14-4-3-8(11)5-14/h7-8H,3-6,11H2,1-2H3,(H2,12,13,15,16)/t8-/m1/s1. The van der Waals surface area contributed by atoms with Crippen molar-refractivity contribution in [1.82, 2.24) is 15.5 Å². The number of rotatable bonds is 3. The molecule has 0 radical (unpaired) electrons. The summed E-state index contributed by atoms with van der Waals surface area (Å²) in [4.78, 5) is 24.6. The molecule has 6 nitrogen and oxygen atoms in total. The van der Waals surface area contributed by atoms with Crippen molar-refractivity contribution in [3.05, 3.63) is 0 Å². The summed E-state index contributed by atoms with van der Waals surface area (Å²) in [7, 11) is 0. The lowest BCUT2D eigenvalue weighted by Crippen LogP contribution is -2.46. The van der Waals surface area contributed by atoms with Crippen molar-refractivity contribution in [1.29, 1.82) is 0 Å². The third-order valence-corrected chi connectivity index (χ3v) is 2.35. The Kier molecular flexibility index (Phi) is 4.70. The lowest BCUT2D eigenvalue weighted by molar-refractivity contribution is -0.120. The number of carbonyl (C=O) groups is 2. The van der Waals surface area contributed by atoms with Gasteiger partial charge in [-0.15, -0.1) is 0 Å². The van der Waals surface area contributed by atoms with Crippen molar-refractivity contribution in [2.24, 2.45) is 5.73 Å². The van der Waals surface area contributed by atoms with Crippen LogP contribution in [0.15, 0.2) is 0 Å². The average Bonchev–Trinajstić information content (AvgIpc) is 2.48. The van der Waals surface area contributed by atoms with Crippen LogP contribution >= 0.6 is 0 Å². The number of hydrogen-bond donors (Lipinski definition) is 3. The Labute approximate surface area is 95.5 Å². The molecule has 1 aliphatic rings. The maximum atomic E-state index is 11.4. The van der Waals surface area contributed by atoms with E-state index in [0.717, 1.165) is 19.5 Å². The zero-order valence-corrected chi connectivity index (χ0v) is 9.82. The van der Waals surface area contributed by atoms with E-state index >= 15 is 0 Å². The first-order chi connectivity index (χ1) is 7.47. The summed E-state index contributed by atoms with van der Waals surface area (Å²) in [6, 6.07) is -0.270. The van der Waals surface area contributed by atoms with Crippen LogP contribution in [0.1, 0.15) is 20.3 Å². The molecule has 0 aliphatic carbocycles. The van der Waals surface area contributed by atoms with E-state index in [1.165, 1.54) is 0 Å². The highest BCUT2D eigenvalue weighted by atomic mass is 16.2. The maximum Gasteiger partial charge on any atom is 0.321 e. The predicted octanol–water partition coefficient (Wildman–Crippen LogP) is -0.746. The SMILES string of the molecule is CC(C)NC(=O)NC(=O)CN1CC[C@@H](N)C1. The number of hydrogen-bond acceptors (Lipinski definition) is 4. The van der Waals surface area contributed by atoms with Crippen LogP contribution in [0.4, 0.5) is 4.79 Å². The number of nitrogens with one attached hydrogen (secondary N) is 2. The number of imide groups is 1. The van der Waals surface area contributed by atoms with E-state index in [9.17, 15) is 9.59 Å². The molecule has 1 heterocycles. The van der Waals surface area contributed by atoms with Crippen LogP contribution in [-0.4, -0.2) is 48.6 Å². The van der Waals surface area contributed by atoms with Gasteiger partial charge in [0.2, 0.25) is 5.91 Å². The van der Waals surface area contributed by atoms with Gasteiger partial charge < -0.3 is 11.1 Å². The Balaban J connectivity index is 2.23. The van der Waals surface area contributed by atoms with Crippen LogP contribution in [-0.2, 0) is 4.79 Å². The highest BCUT2D eigenvalue weighted by molar-refractivity contribution is 5.95. The quantitative estimate of drug-likeness (QED) is 0.593. The molecule has 0 bridgehead atoms. The van der Waals surface area contributed by atoms with Gasteiger partial charge in [-0.3, -0.25) is 15.0 Å². The minimum Gasteiger partial charge on any atom is -0.336 e. The Bertz CT molecular complexity index is 268. The van der Waals surface area contributed by atoms with Gasteiger partial charge in [-0.1, -0.05) is 0 Å². The molecule has 1 fully saturated rings. The molecule has 0 saturated carbocycles. The maximum absolute atomic E-state index is 11.4. The Morgan fingerprint density at radius 3 is 2.69 bits per heavy atom. The Morgan fingerprint density at radius 1 is 1.50 bits per heavy atom. The van der Waals surface area contributed by atoms with Gasteiger partial charge in [0.15, 0.2) is 0 Å². The van der Waals surface area contributed by atoms with Crippen molar-refractivity contribution in [3.8, 4) is 0 Å². The second-order valence-electron chi connectivity index (χ2n) is 4.46. The molecule has 0 aromatic carbocycles. The van der Waals surface area contributed by atoms with Crippen LogP contribution in [0.3, 0.4) is 0 Å². The third kappa shape index (κ3) is 4.59. The molecule has 4 N–H and O–H groups in total. The van der Waals surface area contributed by atoms with Crippen molar-refractivity contribution in [3.63, 3.8) is 0 Å². The van der Waals surface area contributed by atoms with Crippen LogP contribution in [0.2, 0.25) is 0 Å². The summed E-state index contributed by atoms with van der Waals surface area (Å²) >= 11 is 0. The summed E-state index contributed by atoms with van der Waals surface area (Å²) in [6.45, 7) is 5.45. The summed E-state index contributed by atoms with van der Waals surface area (Å²) in [5.74, 6) is -0.285. The normalized spacial score (nSPS) is 21.1. The number of carbonyl (C=O) groups excluding carboxylic acids is 2. The average molecular weight is 228 g/mol. The van der Waals surface area contributed by atoms with Crippen LogP contribution in [0.25, 0.3) is 0 Å². The molecule has 16 heavy (non-hydrogen) atoms. The van der Waals surface area contributed by atoms with E-state index in [1.54, 1.807) is 0 Å². The molecule has 92 valence electrons. The molecule has 1 rings (SSSR count). The number of amides is 3. The van der Waals surface area contributed by atoms with Crippen LogP contribution in [0.5, 0.6) is 0 Å². The van der Waals surface area contributed by atoms with Gasteiger partial charge >= 0.3 is 6.03 Å². The van der Waals surface area contributed by atoms with Gasteiger partial charge in [-0.25, -0.2) is 4.79 Å². The largest absolute Gasteiger partial charge is 0.336 e. The molecule has 0 aromatic heterocycles. The molecule has 6 heteroatoms. The number of nitrogens with zero attached hydrogens (tertiary/aromatic N) is 1. The lowest BCUT2D eigenvalue weighted by atomic mass is 10.3. The van der Waals surface area contributed by atoms with Crippen molar-refractivity contribution in [2.45, 2.75) is 32.4 Å². The van der Waals surface area contributed by atoms with Crippen LogP contribution < -0.4 is 16.4 Å². The Hall–Kier alpha value is -1.14. The number of likely N-dealkylation sites (tertiary alicyclic amines) is 1. The van der Waals surface area contributed by atoms with Crippen molar-refractivity contribution >= 4 is 11.9 Å². The second-order valence-corrected chi connectivity index (χ2v) is 4.46. The topological polar surface area (TPSA) is 87.5 Å². The van der Waals surface area contributed by atoms with Crippen molar-refractivity contribution < 1.29 is 9.59 Å². The van der Waals surface area contributed by atoms with Gasteiger partial charge in [0, 0.05) is 25.2 Å². The summed E-state index contributed by atoms with van der Waals surface area (Å²) in [5, 5.41) is 4.87. The summed E-state index contributed by atoms with van der Waals surface area (Å²) in [6.07, 6.45) is 0.908. The fraction of sp³-hybridized carbons (Fsp3) is 0.800. The summed E-state index contributed by atoms with van der Waals surface area (Å²) in [5.41, 5.74) is 5.72. The fourth-order valence-electron chi connectivity index (χ4n) is 1.67. The minimum atomic E-state index is -0.441.